The van der Waals surface area contributed by atoms with Crippen LogP contribution in [0.15, 0.2) is 35.5 Å². The smallest absolute Gasteiger partial charge is 1.00 e. The summed E-state index contributed by atoms with van der Waals surface area (Å²) >= 11 is 0. The third kappa shape index (κ3) is 4.13. The summed E-state index contributed by atoms with van der Waals surface area (Å²) in [5.74, 6) is 0.211. The van der Waals surface area contributed by atoms with Crippen LogP contribution in [0.25, 0.3) is 0 Å². The predicted molar refractivity (Wildman–Crippen MR) is 84.8 cm³/mol. The van der Waals surface area contributed by atoms with Crippen LogP contribution in [0, 0.1) is 0 Å². The Morgan fingerprint density at radius 3 is 2.32 bits per heavy atom. The zero-order valence-electron chi connectivity index (χ0n) is 14.1. The van der Waals surface area contributed by atoms with Crippen LogP contribution in [0.5, 0.6) is 11.6 Å². The van der Waals surface area contributed by atoms with E-state index in [-0.39, 0.29) is 62.9 Å². The Morgan fingerprint density at radius 2 is 1.77 bits per heavy atom. The van der Waals surface area contributed by atoms with Crippen molar-refractivity contribution in [2.24, 2.45) is 0 Å². The number of nitrogens with one attached hydrogen (secondary N) is 1. The van der Waals surface area contributed by atoms with Crippen LogP contribution in [0.4, 0.5) is 11.5 Å². The van der Waals surface area contributed by atoms with Crippen LogP contribution in [-0.2, 0) is 10.0 Å². The van der Waals surface area contributed by atoms with E-state index in [0.29, 0.717) is 5.69 Å². The van der Waals surface area contributed by atoms with Gasteiger partial charge >= 0.3 is 37.7 Å². The minimum absolute atomic E-state index is 0. The van der Waals surface area contributed by atoms with Gasteiger partial charge in [-0.3, -0.25) is 4.72 Å². The second-order valence-electron chi connectivity index (χ2n) is 3.94. The fourth-order valence-corrected chi connectivity index (χ4v) is 2.61. The maximum Gasteiger partial charge on any atom is 2.00 e. The minimum Gasteiger partial charge on any atom is -1.00 e. The fraction of sp³-hybridized carbons (Fsp3) is 0.167. The number of sulfonamides is 1. The largest absolute Gasteiger partial charge is 2.00 e. The summed E-state index contributed by atoms with van der Waals surface area (Å²) in [4.78, 5) is 7.74. The van der Waals surface area contributed by atoms with Crippen molar-refractivity contribution in [1.29, 1.82) is 0 Å². The predicted octanol–water partition coefficient (Wildman–Crippen LogP) is 0.721. The molecule has 10 heteroatoms. The molecule has 0 fully saturated rings. The molecule has 0 aliphatic carbocycles. The van der Waals surface area contributed by atoms with Crippen LogP contribution in [0.3, 0.4) is 0 Å². The SMILES string of the molecule is COc1ncnc(NS(=O)(=O)c2ccc(N)cc2)c1OC.[Ca+2].[H-].[H-]. The van der Waals surface area contributed by atoms with Crippen LogP contribution in [-0.4, -0.2) is 70.3 Å². The van der Waals surface area contributed by atoms with Crippen molar-refractivity contribution in [2.45, 2.75) is 4.90 Å². The van der Waals surface area contributed by atoms with Gasteiger partial charge in [0.15, 0.2) is 5.82 Å². The number of benzene rings is 1. The summed E-state index contributed by atoms with van der Waals surface area (Å²) in [5, 5.41) is 0. The molecule has 0 aliphatic heterocycles. The first-order valence-electron chi connectivity index (χ1n) is 5.79. The van der Waals surface area contributed by atoms with Crippen molar-refractivity contribution in [2.75, 3.05) is 24.7 Å². The molecule has 116 valence electrons. The van der Waals surface area contributed by atoms with Gasteiger partial charge in [0.05, 0.1) is 19.1 Å². The maximum absolute atomic E-state index is 12.3. The Kier molecular flexibility index (Phi) is 6.66. The molecule has 0 spiro atoms. The molecule has 0 saturated carbocycles. The summed E-state index contributed by atoms with van der Waals surface area (Å²) in [6.45, 7) is 0. The van der Waals surface area contributed by atoms with Gasteiger partial charge < -0.3 is 18.1 Å². The molecule has 2 rings (SSSR count). The monoisotopic (exact) mass is 352 g/mol. The van der Waals surface area contributed by atoms with Gasteiger partial charge in [-0.2, -0.15) is 4.98 Å². The number of hydrogen-bond donors (Lipinski definition) is 2. The van der Waals surface area contributed by atoms with Gasteiger partial charge in [0, 0.05) is 5.69 Å². The molecule has 0 atom stereocenters. The first-order chi connectivity index (χ1) is 9.97. The number of nitrogens with two attached hydrogens (primary N) is 1. The molecule has 22 heavy (non-hydrogen) atoms. The number of rotatable bonds is 5. The van der Waals surface area contributed by atoms with E-state index in [2.05, 4.69) is 14.7 Å². The Labute approximate surface area is 161 Å². The van der Waals surface area contributed by atoms with E-state index in [1.165, 1.54) is 44.8 Å². The summed E-state index contributed by atoms with van der Waals surface area (Å²) in [6.07, 6.45) is 1.17. The van der Waals surface area contributed by atoms with E-state index in [9.17, 15) is 8.42 Å². The van der Waals surface area contributed by atoms with Crippen molar-refractivity contribution >= 4 is 59.3 Å². The molecule has 0 amide bonds. The zero-order valence-corrected chi connectivity index (χ0v) is 15.1. The number of nitrogen functional groups attached to an aromatic ring is 1. The topological polar surface area (TPSA) is 116 Å². The summed E-state index contributed by atoms with van der Waals surface area (Å²) < 4.78 is 36.9. The van der Waals surface area contributed by atoms with E-state index in [1.54, 1.807) is 0 Å². The van der Waals surface area contributed by atoms with Gasteiger partial charge in [0.1, 0.15) is 6.33 Å². The van der Waals surface area contributed by atoms with Crippen molar-refractivity contribution in [3.63, 3.8) is 0 Å². The number of nitrogens with zero attached hydrogens (tertiary/aromatic N) is 2. The van der Waals surface area contributed by atoms with E-state index in [1.807, 2.05) is 0 Å². The molecule has 1 aromatic carbocycles. The third-order valence-electron chi connectivity index (χ3n) is 2.59. The normalized spacial score (nSPS) is 10.5. The number of aromatic nitrogens is 2. The van der Waals surface area contributed by atoms with Crippen LogP contribution in [0.2, 0.25) is 0 Å². The second kappa shape index (κ2) is 7.82. The maximum atomic E-state index is 12.3. The van der Waals surface area contributed by atoms with Crippen LogP contribution in [0.1, 0.15) is 2.85 Å². The van der Waals surface area contributed by atoms with Crippen LogP contribution < -0.4 is 19.9 Å². The molecular formula is C12H16CaN4O4S. The Balaban J connectivity index is 0. The summed E-state index contributed by atoms with van der Waals surface area (Å²) in [7, 11) is -1.06. The van der Waals surface area contributed by atoms with Crippen molar-refractivity contribution in [3.8, 4) is 11.6 Å². The number of ether oxygens (including phenoxy) is 2. The van der Waals surface area contributed by atoms with E-state index in [4.69, 9.17) is 15.2 Å². The van der Waals surface area contributed by atoms with Gasteiger partial charge in [0.2, 0.25) is 5.75 Å². The van der Waals surface area contributed by atoms with Crippen LogP contribution >= 0.6 is 0 Å². The van der Waals surface area contributed by atoms with E-state index >= 15 is 0 Å². The first-order valence-corrected chi connectivity index (χ1v) is 7.27. The molecule has 0 unspecified atom stereocenters. The number of methoxy groups -OCH3 is 2. The molecule has 3 N–H and O–H groups in total. The first kappa shape index (κ1) is 18.8. The molecule has 0 aliphatic rings. The fourth-order valence-electron chi connectivity index (χ4n) is 1.59. The van der Waals surface area contributed by atoms with Crippen molar-refractivity contribution < 1.29 is 20.7 Å². The average molecular weight is 352 g/mol. The third-order valence-corrected chi connectivity index (χ3v) is 3.94. The molecule has 0 bridgehead atoms. The molecule has 1 aromatic heterocycles. The zero-order chi connectivity index (χ0) is 15.5. The number of anilines is 2. The molecule has 1 heterocycles. The average Bonchev–Trinajstić information content (AvgIpc) is 2.47. The van der Waals surface area contributed by atoms with Crippen molar-refractivity contribution in [1.82, 2.24) is 9.97 Å². The van der Waals surface area contributed by atoms with Gasteiger partial charge in [-0.25, -0.2) is 13.4 Å². The van der Waals surface area contributed by atoms with Crippen molar-refractivity contribution in [3.05, 3.63) is 30.6 Å². The molecule has 0 radical (unpaired) electrons. The molecule has 8 nitrogen and oxygen atoms in total. The number of hydrogen-bond acceptors (Lipinski definition) is 7. The van der Waals surface area contributed by atoms with E-state index in [0.717, 1.165) is 0 Å². The quantitative estimate of drug-likeness (QED) is 0.601. The molecular weight excluding hydrogens is 336 g/mol. The summed E-state index contributed by atoms with van der Waals surface area (Å²) in [5.41, 5.74) is 6.00. The Hall–Kier alpha value is -1.29. The second-order valence-corrected chi connectivity index (χ2v) is 5.62. The minimum atomic E-state index is -3.82. The molecule has 0 saturated heterocycles. The standard InChI is InChI=1S/C12H14N4O4S.Ca.2H/c1-19-10-11(14-7-15-12(10)20-2)16-21(17,18)9-5-3-8(13)4-6-9;;;/h3-7H,13H2,1-2H3,(H,14,15,16);;;/q;+2;2*-1. The Bertz CT molecular complexity index is 747. The summed E-state index contributed by atoms with van der Waals surface area (Å²) in [6, 6.07) is 5.77. The molecule has 2 aromatic rings. The van der Waals surface area contributed by atoms with Gasteiger partial charge in [-0.1, -0.05) is 0 Å². The Morgan fingerprint density at radius 1 is 1.14 bits per heavy atom. The van der Waals surface area contributed by atoms with Gasteiger partial charge in [0.25, 0.3) is 15.9 Å². The van der Waals surface area contributed by atoms with Gasteiger partial charge in [-0.05, 0) is 24.3 Å². The van der Waals surface area contributed by atoms with Gasteiger partial charge in [-0.15, -0.1) is 0 Å². The van der Waals surface area contributed by atoms with E-state index < -0.39 is 10.0 Å².